The number of nitrogens with zero attached hydrogens (tertiary/aromatic N) is 1. The predicted molar refractivity (Wildman–Crippen MR) is 44.3 cm³/mol. The van der Waals surface area contributed by atoms with E-state index in [0.29, 0.717) is 6.61 Å². The molecule has 0 amide bonds. The molecule has 0 rings (SSSR count). The molecule has 68 valence electrons. The van der Waals surface area contributed by atoms with E-state index in [9.17, 15) is 4.39 Å². The fourth-order valence-corrected chi connectivity index (χ4v) is 0.631. The minimum absolute atomic E-state index is 0.101. The van der Waals surface area contributed by atoms with Gasteiger partial charge in [0.05, 0.1) is 23.9 Å². The molecule has 0 aliphatic rings. The molecule has 1 atom stereocenters. The van der Waals surface area contributed by atoms with Crippen LogP contribution >= 0.6 is 0 Å². The summed E-state index contributed by atoms with van der Waals surface area (Å²) in [6.07, 6.45) is 0. The molecule has 0 fully saturated rings. The highest BCUT2D eigenvalue weighted by atomic mass is 19.1. The van der Waals surface area contributed by atoms with Crippen LogP contribution in [0.3, 0.4) is 0 Å². The van der Waals surface area contributed by atoms with Gasteiger partial charge in [0.2, 0.25) is 0 Å². The first-order chi connectivity index (χ1) is 5.69. The Morgan fingerprint density at radius 2 is 2.09 bits per heavy atom. The molecule has 0 aliphatic heterocycles. The van der Waals surface area contributed by atoms with Gasteiger partial charge in [-0.05, 0) is 6.92 Å². The average molecular weight is 166 g/mol. The van der Waals surface area contributed by atoms with Crippen LogP contribution in [-0.4, -0.2) is 51.5 Å². The van der Waals surface area contributed by atoms with Crippen molar-refractivity contribution < 1.29 is 16.4 Å². The van der Waals surface area contributed by atoms with E-state index in [2.05, 4.69) is 0 Å². The number of alkyl halides is 1. The summed E-state index contributed by atoms with van der Waals surface area (Å²) in [7, 11) is 5.25. The molecule has 0 aromatic rings. The molecule has 1 unspecified atom stereocenters. The van der Waals surface area contributed by atoms with Crippen LogP contribution in [-0.2, 0) is 4.74 Å². The molecule has 0 N–H and O–H groups in total. The zero-order chi connectivity index (χ0) is 10.7. The number of quaternary nitrogens is 1. The van der Waals surface area contributed by atoms with Crippen LogP contribution in [0.25, 0.3) is 0 Å². The molecular weight excluding hydrogens is 145 g/mol. The first-order valence-electron chi connectivity index (χ1n) is 4.77. The summed E-state index contributed by atoms with van der Waals surface area (Å²) in [5.41, 5.74) is 0. The molecule has 0 bridgehead atoms. The third-order valence-corrected chi connectivity index (χ3v) is 1.54. The van der Waals surface area contributed by atoms with E-state index in [-0.39, 0.29) is 11.1 Å². The summed E-state index contributed by atoms with van der Waals surface area (Å²) in [6.45, 7) is -0.315. The molecule has 0 aromatic heterocycles. The van der Waals surface area contributed by atoms with Gasteiger partial charge in [-0.15, -0.1) is 0 Å². The summed E-state index contributed by atoms with van der Waals surface area (Å²) in [5.74, 6) is 0. The molecule has 0 saturated heterocycles. The monoisotopic (exact) mass is 166 g/mol. The molecule has 0 aliphatic carbocycles. The van der Waals surface area contributed by atoms with Gasteiger partial charge >= 0.3 is 0 Å². The summed E-state index contributed by atoms with van der Waals surface area (Å²) in [4.78, 5) is 0. The van der Waals surface area contributed by atoms with Crippen LogP contribution in [0.2, 0.25) is 0 Å². The molecule has 11 heavy (non-hydrogen) atoms. The van der Waals surface area contributed by atoms with Gasteiger partial charge in [0, 0.05) is 6.61 Å². The summed E-state index contributed by atoms with van der Waals surface area (Å²) in [6, 6.07) is -0.785. The highest BCUT2D eigenvalue weighted by molar-refractivity contribution is 4.52. The van der Waals surface area contributed by atoms with Gasteiger partial charge in [-0.1, -0.05) is 0 Å². The van der Waals surface area contributed by atoms with Crippen molar-refractivity contribution in [1.82, 2.24) is 0 Å². The lowest BCUT2D eigenvalue weighted by Crippen LogP contribution is -2.49. The topological polar surface area (TPSA) is 9.23 Å². The molecule has 0 spiro atoms. The molecular formula is C8H19FNO+. The molecule has 0 aromatic carbocycles. The number of likely N-dealkylation sites (N-methyl/N-ethyl adjacent to an activating group) is 1. The fraction of sp³-hybridized carbons (Fsp3) is 1.00. The van der Waals surface area contributed by atoms with Gasteiger partial charge in [-0.3, -0.25) is 0 Å². The van der Waals surface area contributed by atoms with E-state index in [0.717, 1.165) is 0 Å². The number of ether oxygens (including phenoxy) is 1. The molecule has 0 heterocycles. The van der Waals surface area contributed by atoms with Crippen molar-refractivity contribution >= 4 is 0 Å². The lowest BCUT2D eigenvalue weighted by molar-refractivity contribution is -0.896. The van der Waals surface area contributed by atoms with Gasteiger partial charge in [-0.25, -0.2) is 4.39 Å². The Bertz CT molecular complexity index is 139. The Labute approximate surface area is 71.4 Å². The van der Waals surface area contributed by atoms with Crippen molar-refractivity contribution in [2.24, 2.45) is 0 Å². The number of hydrogen-bond acceptors (Lipinski definition) is 1. The van der Waals surface area contributed by atoms with Crippen LogP contribution in [0, 0.1) is 0 Å². The van der Waals surface area contributed by atoms with Crippen LogP contribution in [0.5, 0.6) is 0 Å². The zero-order valence-electron chi connectivity index (χ0n) is 9.72. The Morgan fingerprint density at radius 1 is 1.55 bits per heavy atom. The van der Waals surface area contributed by atoms with Crippen molar-refractivity contribution in [2.45, 2.75) is 13.0 Å². The van der Waals surface area contributed by atoms with Crippen LogP contribution in [0.1, 0.15) is 9.67 Å². The second-order valence-corrected chi connectivity index (χ2v) is 3.40. The maximum absolute atomic E-state index is 13.1. The van der Waals surface area contributed by atoms with Crippen LogP contribution < -0.4 is 0 Å². The van der Waals surface area contributed by atoms with Crippen molar-refractivity contribution in [3.63, 3.8) is 0 Å². The van der Waals surface area contributed by atoms with E-state index in [1.54, 1.807) is 28.1 Å². The van der Waals surface area contributed by atoms with E-state index >= 15 is 0 Å². The fourth-order valence-electron chi connectivity index (χ4n) is 0.631. The smallest absolute Gasteiger partial charge is 0.143 e. The summed E-state index contributed by atoms with van der Waals surface area (Å²) in [5, 5.41) is 0. The van der Waals surface area contributed by atoms with Gasteiger partial charge in [0.25, 0.3) is 0 Å². The predicted octanol–water partition coefficient (Wildman–Crippen LogP) is 1.07. The molecule has 2 nitrogen and oxygen atoms in total. The van der Waals surface area contributed by atoms with E-state index in [1.807, 2.05) is 0 Å². The number of halogens is 1. The molecule has 0 radical (unpaired) electrons. The lowest BCUT2D eigenvalue weighted by Gasteiger charge is -2.31. The Morgan fingerprint density at radius 3 is 2.36 bits per heavy atom. The van der Waals surface area contributed by atoms with Crippen molar-refractivity contribution in [1.29, 1.82) is 0 Å². The highest BCUT2D eigenvalue weighted by Crippen LogP contribution is 2.03. The van der Waals surface area contributed by atoms with E-state index in [4.69, 9.17) is 7.48 Å². The van der Waals surface area contributed by atoms with Gasteiger partial charge in [0.15, 0.2) is 0 Å². The normalized spacial score (nSPS) is 19.0. The lowest BCUT2D eigenvalue weighted by atomic mass is 10.3. The number of hydrogen-bond donors (Lipinski definition) is 0. The minimum atomic E-state index is -2.70. The third kappa shape index (κ3) is 4.32. The maximum atomic E-state index is 13.1. The zero-order valence-corrected chi connectivity index (χ0v) is 7.72. The molecule has 0 saturated carbocycles. The standard InChI is InChI=1S/C8H19FNO/c1-5-11-7-8(6-9)10(2,3)4/h8H,5-7H2,1-4H3/q+1/i6D2. The third-order valence-electron chi connectivity index (χ3n) is 1.54. The molecule has 3 heteroatoms. The van der Waals surface area contributed by atoms with E-state index < -0.39 is 12.7 Å². The van der Waals surface area contributed by atoms with Crippen molar-refractivity contribution in [3.05, 3.63) is 0 Å². The Kier molecular flexibility index (Phi) is 3.18. The number of rotatable bonds is 5. The van der Waals surface area contributed by atoms with Crippen molar-refractivity contribution in [2.75, 3.05) is 41.0 Å². The quantitative estimate of drug-likeness (QED) is 0.555. The Balaban J connectivity index is 4.39. The van der Waals surface area contributed by atoms with Gasteiger partial charge in [0.1, 0.15) is 19.3 Å². The second kappa shape index (κ2) is 4.67. The van der Waals surface area contributed by atoms with Gasteiger partial charge < -0.3 is 9.22 Å². The summed E-state index contributed by atoms with van der Waals surface area (Å²) >= 11 is 0. The maximum Gasteiger partial charge on any atom is 0.143 e. The van der Waals surface area contributed by atoms with Crippen LogP contribution in [0.15, 0.2) is 0 Å². The first-order valence-corrected chi connectivity index (χ1v) is 3.77. The van der Waals surface area contributed by atoms with Crippen molar-refractivity contribution in [3.8, 4) is 0 Å². The van der Waals surface area contributed by atoms with Gasteiger partial charge in [-0.2, -0.15) is 0 Å². The second-order valence-electron chi connectivity index (χ2n) is 3.40. The average Bonchev–Trinajstić information content (AvgIpc) is 1.81. The minimum Gasteiger partial charge on any atom is -0.375 e. The SMILES string of the molecule is [2H]C([2H])(F)C(COCC)[N+](C)(C)C. The summed E-state index contributed by atoms with van der Waals surface area (Å²) < 4.78 is 32.4. The Hall–Kier alpha value is -0.150. The first kappa shape index (κ1) is 7.50. The largest absolute Gasteiger partial charge is 0.375 e. The van der Waals surface area contributed by atoms with E-state index in [1.165, 1.54) is 0 Å². The van der Waals surface area contributed by atoms with Crippen LogP contribution in [0.4, 0.5) is 4.39 Å². The highest BCUT2D eigenvalue weighted by Gasteiger charge is 2.23.